The molecule has 2 heterocycles. The number of allylic oxidation sites excluding steroid dienone is 4. The van der Waals surface area contributed by atoms with Gasteiger partial charge in [0.25, 0.3) is 0 Å². The molecule has 3 N–H and O–H groups in total. The van der Waals surface area contributed by atoms with Crippen molar-refractivity contribution in [2.24, 2.45) is 11.3 Å². The van der Waals surface area contributed by atoms with Crippen molar-refractivity contribution in [3.8, 4) is 11.5 Å². The maximum Gasteiger partial charge on any atom is 0.308 e. The van der Waals surface area contributed by atoms with Crippen molar-refractivity contribution in [1.29, 1.82) is 0 Å². The van der Waals surface area contributed by atoms with E-state index in [1.165, 1.54) is 19.4 Å². The molecule has 0 amide bonds. The fourth-order valence-electron chi connectivity index (χ4n) is 8.27. The van der Waals surface area contributed by atoms with Crippen LogP contribution < -0.4 is 4.74 Å². The zero-order valence-electron chi connectivity index (χ0n) is 27.6. The highest BCUT2D eigenvalue weighted by Crippen LogP contribution is 2.65. The van der Waals surface area contributed by atoms with Crippen molar-refractivity contribution < 1.29 is 34.4 Å². The molecule has 3 aliphatic carbocycles. The van der Waals surface area contributed by atoms with E-state index in [1.54, 1.807) is 24.3 Å². The molecule has 47 heavy (non-hydrogen) atoms. The summed E-state index contributed by atoms with van der Waals surface area (Å²) in [5, 5.41) is 31.1. The Morgan fingerprint density at radius 3 is 2.17 bits per heavy atom. The number of hydrogen-bond acceptors (Lipinski definition) is 8. The van der Waals surface area contributed by atoms with Crippen LogP contribution in [0, 0.1) is 11.3 Å². The van der Waals surface area contributed by atoms with Crippen LogP contribution in [0.4, 0.5) is 0 Å². The van der Waals surface area contributed by atoms with Gasteiger partial charge in [-0.05, 0) is 99.3 Å². The quantitative estimate of drug-likeness (QED) is 0.164. The summed E-state index contributed by atoms with van der Waals surface area (Å²) in [4.78, 5) is 25.6. The molecule has 6 atom stereocenters. The van der Waals surface area contributed by atoms with Gasteiger partial charge in [0.2, 0.25) is 0 Å². The molecule has 7 rings (SSSR count). The highest BCUT2D eigenvalue weighted by Gasteiger charge is 2.67. The van der Waals surface area contributed by atoms with Crippen molar-refractivity contribution in [3.05, 3.63) is 107 Å². The predicted molar refractivity (Wildman–Crippen MR) is 180 cm³/mol. The molecule has 246 valence electrons. The van der Waals surface area contributed by atoms with E-state index in [0.29, 0.717) is 17.6 Å². The lowest BCUT2D eigenvalue weighted by Gasteiger charge is -2.58. The number of ketones is 1. The van der Waals surface area contributed by atoms with Crippen LogP contribution in [0.1, 0.15) is 58.1 Å². The van der Waals surface area contributed by atoms with E-state index >= 15 is 0 Å². The van der Waals surface area contributed by atoms with Crippen molar-refractivity contribution in [3.63, 3.8) is 0 Å². The van der Waals surface area contributed by atoms with Gasteiger partial charge in [0.05, 0.1) is 0 Å². The summed E-state index contributed by atoms with van der Waals surface area (Å²) in [7, 11) is 2.16. The summed E-state index contributed by atoms with van der Waals surface area (Å²) in [5.41, 5.74) is 4.55. The summed E-state index contributed by atoms with van der Waals surface area (Å²) in [6, 6.07) is 14.9. The summed E-state index contributed by atoms with van der Waals surface area (Å²) >= 11 is 0. The van der Waals surface area contributed by atoms with Crippen LogP contribution in [0.15, 0.2) is 95.8 Å². The molecule has 1 spiro atoms. The minimum absolute atomic E-state index is 0.247. The molecule has 2 aromatic rings. The Bertz CT molecular complexity index is 1730. The lowest BCUT2D eigenvalue weighted by molar-refractivity contribution is -0.139. The zero-order valence-corrected chi connectivity index (χ0v) is 27.6. The Morgan fingerprint density at radius 2 is 1.60 bits per heavy atom. The largest absolute Gasteiger partial charge is 0.508 e. The first-order valence-electron chi connectivity index (χ1n) is 16.3. The molecule has 2 aliphatic heterocycles. The molecule has 8 heteroatoms. The van der Waals surface area contributed by atoms with Gasteiger partial charge in [0, 0.05) is 36.3 Å². The van der Waals surface area contributed by atoms with Crippen LogP contribution in [-0.2, 0) is 14.3 Å². The summed E-state index contributed by atoms with van der Waals surface area (Å²) in [5.74, 6) is 0.837. The number of nitrogens with zero attached hydrogens (tertiary/aromatic N) is 1. The minimum Gasteiger partial charge on any atom is -0.508 e. The highest BCUT2D eigenvalue weighted by molar-refractivity contribution is 6.04. The molecule has 2 fully saturated rings. The fourth-order valence-corrected chi connectivity index (χ4v) is 8.27. The first kappa shape index (κ1) is 32.7. The minimum atomic E-state index is -1.58. The maximum atomic E-state index is 12.2. The number of aliphatic hydroxyl groups excluding tert-OH is 1. The Labute approximate surface area is 276 Å². The average Bonchev–Trinajstić information content (AvgIpc) is 3.41. The number of piperidine rings is 1. The van der Waals surface area contributed by atoms with Crippen molar-refractivity contribution >= 4 is 22.9 Å². The summed E-state index contributed by atoms with van der Waals surface area (Å²) in [6.45, 7) is 7.71. The van der Waals surface area contributed by atoms with Crippen molar-refractivity contribution in [2.75, 3.05) is 13.6 Å². The Balaban J connectivity index is 0.000000165. The topological polar surface area (TPSA) is 117 Å². The van der Waals surface area contributed by atoms with Gasteiger partial charge in [0.1, 0.15) is 29.5 Å². The van der Waals surface area contributed by atoms with Crippen LogP contribution in [0.3, 0.4) is 0 Å². The second-order valence-electron chi connectivity index (χ2n) is 13.1. The Kier molecular flexibility index (Phi) is 8.63. The normalized spacial score (nSPS) is 30.8. The van der Waals surface area contributed by atoms with E-state index in [2.05, 4.69) is 18.0 Å². The van der Waals surface area contributed by atoms with Crippen LogP contribution in [0.2, 0.25) is 0 Å². The van der Waals surface area contributed by atoms with Crippen LogP contribution in [0.25, 0.3) is 11.1 Å². The van der Waals surface area contributed by atoms with Crippen molar-refractivity contribution in [1.82, 2.24) is 4.90 Å². The number of carbonyl (C=O) groups excluding carboxylic acids is 2. The number of phenols is 1. The molecule has 0 radical (unpaired) electrons. The predicted octanol–water partition coefficient (Wildman–Crippen LogP) is 5.75. The van der Waals surface area contributed by atoms with Gasteiger partial charge in [-0.2, -0.15) is 0 Å². The van der Waals surface area contributed by atoms with Gasteiger partial charge >= 0.3 is 5.97 Å². The number of carbonyl (C=O) groups is 2. The van der Waals surface area contributed by atoms with E-state index in [-0.39, 0.29) is 35.3 Å². The monoisotopic (exact) mass is 637 g/mol. The molecule has 1 saturated carbocycles. The molecule has 2 bridgehead atoms. The van der Waals surface area contributed by atoms with Gasteiger partial charge in [-0.15, -0.1) is 0 Å². The smallest absolute Gasteiger partial charge is 0.308 e. The number of aromatic hydroxyl groups is 1. The summed E-state index contributed by atoms with van der Waals surface area (Å²) < 4.78 is 11.3. The van der Waals surface area contributed by atoms with E-state index < -0.39 is 17.8 Å². The van der Waals surface area contributed by atoms with Gasteiger partial charge in [-0.3, -0.25) is 9.59 Å². The number of esters is 1. The third kappa shape index (κ3) is 5.38. The number of benzene rings is 2. The molecule has 0 aromatic heterocycles. The maximum absolute atomic E-state index is 12.2. The van der Waals surface area contributed by atoms with Gasteiger partial charge in [0.15, 0.2) is 11.4 Å². The number of likely N-dealkylation sites (tertiary alicyclic amines) is 1. The van der Waals surface area contributed by atoms with Crippen LogP contribution >= 0.6 is 0 Å². The zero-order chi connectivity index (χ0) is 33.7. The SMILES string of the molecule is C/C=C(/C(=C/C)c1ccc(OC(C)=O)cc1)c1ccc(O)cc1.CC(=O)C1(O)CC=C2C[C@@H]3[C@@H]4C=C[C@H](O)[C@@H]5OC1=C2[C@]45CCN3C. The number of rotatable bonds is 5. The molecule has 1 unspecified atom stereocenters. The lowest BCUT2D eigenvalue weighted by Crippen LogP contribution is -2.62. The van der Waals surface area contributed by atoms with Gasteiger partial charge in [-0.25, -0.2) is 0 Å². The molecular weight excluding hydrogens is 594 g/mol. The standard InChI is InChI=1S/C20H20O3.C19H23NO4/c1-4-19(15-6-10-17(22)11-7-15)20(5-2)16-8-12-18(13-9-16)23-14(3)21;1-10(21)19(23)6-5-11-9-13-12-3-4-14(22)16-18(12,7-8-20(13)2)15(11)17(19)24-16/h4-13,22H,1-3H3;3-5,12-14,16,22-23H,6-9H2,1-2H3/b19-4+,20-5+;/t;12-,13+,14-,16-,18-,19?/m.0/s1. The lowest BCUT2D eigenvalue weighted by atomic mass is 9.51. The van der Waals surface area contributed by atoms with Gasteiger partial charge < -0.3 is 29.7 Å². The van der Waals surface area contributed by atoms with E-state index in [1.807, 2.05) is 62.4 Å². The molecule has 8 nitrogen and oxygen atoms in total. The van der Waals surface area contributed by atoms with E-state index in [9.17, 15) is 24.9 Å². The summed E-state index contributed by atoms with van der Waals surface area (Å²) in [6.07, 6.45) is 11.0. The average molecular weight is 638 g/mol. The second-order valence-corrected chi connectivity index (χ2v) is 13.1. The highest BCUT2D eigenvalue weighted by atomic mass is 16.5. The van der Waals surface area contributed by atoms with E-state index in [0.717, 1.165) is 47.2 Å². The van der Waals surface area contributed by atoms with E-state index in [4.69, 9.17) is 9.47 Å². The molecule has 1 saturated heterocycles. The van der Waals surface area contributed by atoms with Crippen LogP contribution in [0.5, 0.6) is 11.5 Å². The first-order valence-corrected chi connectivity index (χ1v) is 16.3. The number of ether oxygens (including phenoxy) is 2. The third-order valence-corrected chi connectivity index (χ3v) is 10.5. The van der Waals surface area contributed by atoms with Crippen LogP contribution in [-0.4, -0.2) is 69.4 Å². The first-order chi connectivity index (χ1) is 22.4. The molecular formula is C39H43NO7. The Hall–Kier alpha value is -4.24. The number of Topliss-reactive ketones (excluding diaryl/α,β-unsaturated/α-hetero) is 1. The third-order valence-electron chi connectivity index (χ3n) is 10.5. The molecule has 2 aromatic carbocycles. The second kappa shape index (κ2) is 12.4. The number of phenolic OH excluding ortho intramolecular Hbond substituents is 1. The molecule has 5 aliphatic rings. The number of aliphatic hydroxyl groups is 2. The fraction of sp³-hybridized carbons (Fsp3) is 0.385. The van der Waals surface area contributed by atoms with Crippen molar-refractivity contribution in [2.45, 2.75) is 70.8 Å². The number of hydrogen-bond donors (Lipinski definition) is 3. The Morgan fingerprint density at radius 1 is 0.979 bits per heavy atom. The van der Waals surface area contributed by atoms with Gasteiger partial charge in [-0.1, -0.05) is 54.6 Å².